The van der Waals surface area contributed by atoms with Crippen molar-refractivity contribution in [2.75, 3.05) is 0 Å². The molecule has 0 aliphatic heterocycles. The normalized spacial score (nSPS) is 10.0. The molecule has 76 valence electrons. The Morgan fingerprint density at radius 1 is 1.07 bits per heavy atom. The molecule has 0 amide bonds. The Balaban J connectivity index is 4.01. The number of carbonyl (C=O) groups is 4. The zero-order valence-corrected chi connectivity index (χ0v) is 7.06. The number of allylic oxidation sites excluding steroid dienone is 1. The average Bonchev–Trinajstić information content (AvgIpc) is 1.98. The third kappa shape index (κ3) is 6.71. The van der Waals surface area contributed by atoms with Crippen molar-refractivity contribution in [3.63, 3.8) is 0 Å². The maximum Gasteiger partial charge on any atom is 0.310 e. The quantitative estimate of drug-likeness (QED) is 0.403. The van der Waals surface area contributed by atoms with Gasteiger partial charge in [-0.05, 0) is 12.2 Å². The first-order valence-corrected chi connectivity index (χ1v) is 3.57. The number of ketones is 2. The highest BCUT2D eigenvalue weighted by Gasteiger charge is 2.10. The van der Waals surface area contributed by atoms with Gasteiger partial charge in [-0.3, -0.25) is 14.4 Å². The lowest BCUT2D eigenvalue weighted by Gasteiger charge is -1.93. The van der Waals surface area contributed by atoms with Crippen LogP contribution in [0.2, 0.25) is 0 Å². The van der Waals surface area contributed by atoms with E-state index in [-0.39, 0.29) is 0 Å². The van der Waals surface area contributed by atoms with E-state index in [1.807, 2.05) is 0 Å². The van der Waals surface area contributed by atoms with Gasteiger partial charge in [0.1, 0.15) is 6.42 Å². The molecule has 6 heteroatoms. The number of hydrogen-bond donors (Lipinski definition) is 1. The van der Waals surface area contributed by atoms with Crippen molar-refractivity contribution in [2.24, 2.45) is 0 Å². The minimum absolute atomic E-state index is 0.483. The molecular weight excluding hydrogens is 192 g/mol. The Morgan fingerprint density at radius 2 is 1.64 bits per heavy atom. The third-order valence-corrected chi connectivity index (χ3v) is 1.13. The van der Waals surface area contributed by atoms with Gasteiger partial charge in [0.25, 0.3) is 0 Å². The van der Waals surface area contributed by atoms with Gasteiger partial charge < -0.3 is 15.0 Å². The highest BCUT2D eigenvalue weighted by molar-refractivity contribution is 6.09. The van der Waals surface area contributed by atoms with Crippen molar-refractivity contribution in [1.82, 2.24) is 0 Å². The third-order valence-electron chi connectivity index (χ3n) is 1.13. The van der Waals surface area contributed by atoms with Crippen LogP contribution >= 0.6 is 0 Å². The van der Waals surface area contributed by atoms with Gasteiger partial charge in [0.05, 0.1) is 12.4 Å². The van der Waals surface area contributed by atoms with Crippen LogP contribution in [-0.4, -0.2) is 28.6 Å². The van der Waals surface area contributed by atoms with Gasteiger partial charge in [0, 0.05) is 0 Å². The minimum atomic E-state index is -1.55. The number of carboxylic acid groups (broad SMARTS) is 2. The predicted molar refractivity (Wildman–Crippen MR) is 41.0 cm³/mol. The number of hydrogen-bond acceptors (Lipinski definition) is 5. The van der Waals surface area contributed by atoms with Crippen LogP contribution in [0.15, 0.2) is 12.2 Å². The summed E-state index contributed by atoms with van der Waals surface area (Å²) in [4.78, 5) is 41.3. The van der Waals surface area contributed by atoms with Gasteiger partial charge in [-0.1, -0.05) is 0 Å². The van der Waals surface area contributed by atoms with Gasteiger partial charge in [-0.25, -0.2) is 0 Å². The van der Waals surface area contributed by atoms with E-state index < -0.39 is 36.3 Å². The summed E-state index contributed by atoms with van der Waals surface area (Å²) in [7, 11) is 0. The summed E-state index contributed by atoms with van der Waals surface area (Å²) in [5.74, 6) is -4.42. The van der Waals surface area contributed by atoms with E-state index in [4.69, 9.17) is 5.11 Å². The molecule has 0 aliphatic rings. The maximum atomic E-state index is 10.7. The number of carboxylic acids is 2. The smallest absolute Gasteiger partial charge is 0.310 e. The summed E-state index contributed by atoms with van der Waals surface area (Å²) < 4.78 is 0. The van der Waals surface area contributed by atoms with Crippen LogP contribution in [0.4, 0.5) is 0 Å². The minimum Gasteiger partial charge on any atom is -0.545 e. The number of aliphatic carboxylic acids is 2. The molecule has 6 nitrogen and oxygen atoms in total. The van der Waals surface area contributed by atoms with E-state index in [0.29, 0.717) is 12.2 Å². The van der Waals surface area contributed by atoms with Gasteiger partial charge in [-0.2, -0.15) is 0 Å². The lowest BCUT2D eigenvalue weighted by Crippen LogP contribution is -2.19. The van der Waals surface area contributed by atoms with Crippen molar-refractivity contribution in [3.05, 3.63) is 12.2 Å². The van der Waals surface area contributed by atoms with Crippen LogP contribution in [0.1, 0.15) is 12.8 Å². The molecule has 0 rings (SSSR count). The summed E-state index contributed by atoms with van der Waals surface area (Å²) in [6.45, 7) is 0. The monoisotopic (exact) mass is 199 g/mol. The molecule has 0 aromatic carbocycles. The standard InChI is InChI=1S/C8H8O6/c9-5(1-2-7(11)12)3-6(10)4-8(13)14/h1-2H,3-4H2,(H,11,12)(H,13,14)/p-1/b2-1-. The number of carbonyl (C=O) groups excluding carboxylic acids is 3. The molecule has 0 aromatic heterocycles. The molecule has 0 fully saturated rings. The van der Waals surface area contributed by atoms with Crippen molar-refractivity contribution < 1.29 is 29.4 Å². The van der Waals surface area contributed by atoms with E-state index in [1.165, 1.54) is 0 Å². The highest BCUT2D eigenvalue weighted by atomic mass is 16.4. The van der Waals surface area contributed by atoms with Crippen LogP contribution in [0.25, 0.3) is 0 Å². The van der Waals surface area contributed by atoms with Crippen LogP contribution in [-0.2, 0) is 19.2 Å². The number of Topliss-reactive ketones (excluding diaryl/α,β-unsaturated/α-hetero) is 1. The van der Waals surface area contributed by atoms with Crippen molar-refractivity contribution in [1.29, 1.82) is 0 Å². The van der Waals surface area contributed by atoms with E-state index in [0.717, 1.165) is 0 Å². The van der Waals surface area contributed by atoms with Gasteiger partial charge in [0.2, 0.25) is 0 Å². The first kappa shape index (κ1) is 12.0. The van der Waals surface area contributed by atoms with Gasteiger partial charge in [0.15, 0.2) is 11.6 Å². The molecular formula is C8H7O6-. The molecule has 14 heavy (non-hydrogen) atoms. The topological polar surface area (TPSA) is 112 Å². The van der Waals surface area contributed by atoms with E-state index in [1.54, 1.807) is 0 Å². The Labute approximate surface area is 78.8 Å². The second kappa shape index (κ2) is 5.63. The first-order valence-electron chi connectivity index (χ1n) is 3.57. The molecule has 0 bridgehead atoms. The van der Waals surface area contributed by atoms with Crippen molar-refractivity contribution in [2.45, 2.75) is 12.8 Å². The molecule has 0 saturated carbocycles. The Kier molecular flexibility index (Phi) is 4.83. The second-order valence-electron chi connectivity index (χ2n) is 2.40. The van der Waals surface area contributed by atoms with Crippen LogP contribution in [0.3, 0.4) is 0 Å². The van der Waals surface area contributed by atoms with E-state index in [9.17, 15) is 24.3 Å². The van der Waals surface area contributed by atoms with Crippen molar-refractivity contribution in [3.8, 4) is 0 Å². The largest absolute Gasteiger partial charge is 0.545 e. The molecule has 0 atom stereocenters. The van der Waals surface area contributed by atoms with Gasteiger partial charge >= 0.3 is 5.97 Å². The second-order valence-corrected chi connectivity index (χ2v) is 2.40. The van der Waals surface area contributed by atoms with Crippen LogP contribution in [0, 0.1) is 0 Å². The lowest BCUT2D eigenvalue weighted by molar-refractivity contribution is -0.297. The first-order chi connectivity index (χ1) is 6.41. The summed E-state index contributed by atoms with van der Waals surface area (Å²) in [6, 6.07) is 0. The SMILES string of the molecule is O=C([O-])/C=C\C(=O)CC(=O)CC(=O)O. The Bertz CT molecular complexity index is 301. The Hall–Kier alpha value is -1.98. The molecule has 0 heterocycles. The molecule has 0 radical (unpaired) electrons. The predicted octanol–water partition coefficient (Wildman–Crippen LogP) is -1.70. The fraction of sp³-hybridized carbons (Fsp3) is 0.250. The van der Waals surface area contributed by atoms with Crippen molar-refractivity contribution >= 4 is 23.5 Å². The zero-order chi connectivity index (χ0) is 11.1. The molecule has 0 saturated heterocycles. The fourth-order valence-electron chi connectivity index (χ4n) is 0.645. The van der Waals surface area contributed by atoms with Crippen LogP contribution < -0.4 is 5.11 Å². The van der Waals surface area contributed by atoms with Gasteiger partial charge in [-0.15, -0.1) is 0 Å². The molecule has 1 N–H and O–H groups in total. The summed E-state index contributed by atoms with van der Waals surface area (Å²) >= 11 is 0. The zero-order valence-electron chi connectivity index (χ0n) is 7.06. The van der Waals surface area contributed by atoms with Crippen LogP contribution in [0.5, 0.6) is 0 Å². The molecule has 0 aromatic rings. The molecule has 0 aliphatic carbocycles. The summed E-state index contributed by atoms with van der Waals surface area (Å²) in [5, 5.41) is 18.0. The highest BCUT2D eigenvalue weighted by Crippen LogP contribution is 1.93. The number of rotatable bonds is 6. The summed E-state index contributed by atoms with van der Waals surface area (Å²) in [6.07, 6.45) is -0.216. The maximum absolute atomic E-state index is 10.7. The average molecular weight is 199 g/mol. The molecule has 0 spiro atoms. The van der Waals surface area contributed by atoms with E-state index >= 15 is 0 Å². The summed E-state index contributed by atoms with van der Waals surface area (Å²) in [5.41, 5.74) is 0. The fourth-order valence-corrected chi connectivity index (χ4v) is 0.645. The van der Waals surface area contributed by atoms with E-state index in [2.05, 4.69) is 0 Å². The lowest BCUT2D eigenvalue weighted by atomic mass is 10.1. The molecule has 0 unspecified atom stereocenters. The Morgan fingerprint density at radius 3 is 2.07 bits per heavy atom.